The molecule has 1 fully saturated rings. The van der Waals surface area contributed by atoms with Gasteiger partial charge in [0.25, 0.3) is 0 Å². The molecule has 2 aliphatic rings. The molecule has 1 unspecified atom stereocenters. The van der Waals surface area contributed by atoms with Gasteiger partial charge in [0.05, 0.1) is 42.0 Å². The zero-order valence-electron chi connectivity index (χ0n) is 15.9. The second-order valence-electron chi connectivity index (χ2n) is 7.33. The Morgan fingerprint density at radius 2 is 1.93 bits per heavy atom. The van der Waals surface area contributed by atoms with Crippen LogP contribution in [0.5, 0.6) is 11.5 Å². The Hall–Kier alpha value is -3.21. The van der Waals surface area contributed by atoms with Crippen molar-refractivity contribution in [1.82, 2.24) is 19.3 Å². The third-order valence-electron chi connectivity index (χ3n) is 5.35. The average molecular weight is 430 g/mol. The van der Waals surface area contributed by atoms with Crippen molar-refractivity contribution in [1.29, 1.82) is 0 Å². The van der Waals surface area contributed by atoms with Crippen molar-refractivity contribution in [3.8, 4) is 11.5 Å². The summed E-state index contributed by atoms with van der Waals surface area (Å²) in [6, 6.07) is 4.58. The molecule has 30 heavy (non-hydrogen) atoms. The highest BCUT2D eigenvalue weighted by Gasteiger charge is 2.31. The van der Waals surface area contributed by atoms with E-state index in [1.165, 1.54) is 17.0 Å². The van der Waals surface area contributed by atoms with Crippen molar-refractivity contribution in [3.63, 3.8) is 0 Å². The van der Waals surface area contributed by atoms with E-state index in [0.717, 1.165) is 0 Å². The molecule has 4 heterocycles. The van der Waals surface area contributed by atoms with Gasteiger partial charge < -0.3 is 9.47 Å². The molecule has 5 rings (SSSR count). The largest absolute Gasteiger partial charge is 0.486 e. The number of rotatable bonds is 4. The average Bonchev–Trinajstić information content (AvgIpc) is 3.32. The summed E-state index contributed by atoms with van der Waals surface area (Å²) in [5.41, 5.74) is 0.765. The van der Waals surface area contributed by atoms with Gasteiger partial charge in [-0.05, 0) is 24.6 Å². The predicted octanol–water partition coefficient (Wildman–Crippen LogP) is 0.607. The first-order valence-corrected chi connectivity index (χ1v) is 11.3. The van der Waals surface area contributed by atoms with Gasteiger partial charge >= 0.3 is 5.69 Å². The molecular formula is C19H18N4O6S. The summed E-state index contributed by atoms with van der Waals surface area (Å²) in [5, 5.41) is 4.29. The molecular weight excluding hydrogens is 412 g/mol. The normalized spacial score (nSPS) is 19.8. The second-order valence-corrected chi connectivity index (χ2v) is 9.55. The molecule has 2 aliphatic heterocycles. The van der Waals surface area contributed by atoms with Gasteiger partial charge in [-0.25, -0.2) is 13.2 Å². The van der Waals surface area contributed by atoms with Gasteiger partial charge in [-0.2, -0.15) is 10.1 Å². The van der Waals surface area contributed by atoms with E-state index in [1.807, 2.05) is 0 Å². The van der Waals surface area contributed by atoms with Crippen LogP contribution in [0, 0.1) is 0 Å². The van der Waals surface area contributed by atoms with Crippen molar-refractivity contribution in [2.45, 2.75) is 19.0 Å². The molecule has 0 spiro atoms. The van der Waals surface area contributed by atoms with Crippen molar-refractivity contribution in [3.05, 3.63) is 46.6 Å². The number of sulfone groups is 1. The Morgan fingerprint density at radius 3 is 2.70 bits per heavy atom. The van der Waals surface area contributed by atoms with Crippen LogP contribution in [0.1, 0.15) is 22.8 Å². The summed E-state index contributed by atoms with van der Waals surface area (Å²) in [7, 11) is -3.10. The maximum atomic E-state index is 12.9. The Balaban J connectivity index is 1.48. The maximum Gasteiger partial charge on any atom is 0.348 e. The van der Waals surface area contributed by atoms with Crippen LogP contribution in [-0.4, -0.2) is 58.3 Å². The standard InChI is InChI=1S/C19H18N4O6S/c24-16(12-1-2-17-18(7-12)29-5-4-28-17)10-22-14-9-21-23(15(14)8-20-19(22)25)13-3-6-30(26,27)11-13/h1-2,7-9,13H,3-6,10-11H2. The predicted molar refractivity (Wildman–Crippen MR) is 106 cm³/mol. The Labute approximate surface area is 171 Å². The zero-order chi connectivity index (χ0) is 20.9. The highest BCUT2D eigenvalue weighted by Crippen LogP contribution is 2.31. The van der Waals surface area contributed by atoms with Gasteiger partial charge in [0.15, 0.2) is 27.1 Å². The molecule has 10 nitrogen and oxygen atoms in total. The monoisotopic (exact) mass is 430 g/mol. The number of fused-ring (bicyclic) bond motifs is 2. The topological polar surface area (TPSA) is 122 Å². The molecule has 1 atom stereocenters. The molecule has 2 aromatic heterocycles. The molecule has 0 saturated carbocycles. The van der Waals surface area contributed by atoms with Gasteiger partial charge in [0.1, 0.15) is 18.7 Å². The third-order valence-corrected chi connectivity index (χ3v) is 7.10. The van der Waals surface area contributed by atoms with E-state index >= 15 is 0 Å². The van der Waals surface area contributed by atoms with Crippen LogP contribution in [0.3, 0.4) is 0 Å². The van der Waals surface area contributed by atoms with Gasteiger partial charge in [-0.1, -0.05) is 0 Å². The number of nitrogens with zero attached hydrogens (tertiary/aromatic N) is 4. The van der Waals surface area contributed by atoms with Crippen LogP contribution in [-0.2, 0) is 16.4 Å². The number of ether oxygens (including phenoxy) is 2. The number of carbonyl (C=O) groups excluding carboxylic acids is 1. The lowest BCUT2D eigenvalue weighted by atomic mass is 10.1. The molecule has 0 bridgehead atoms. The van der Waals surface area contributed by atoms with Crippen molar-refractivity contribution >= 4 is 26.7 Å². The quantitative estimate of drug-likeness (QED) is 0.552. The van der Waals surface area contributed by atoms with E-state index in [1.54, 1.807) is 22.9 Å². The van der Waals surface area contributed by atoms with E-state index in [9.17, 15) is 18.0 Å². The highest BCUT2D eigenvalue weighted by molar-refractivity contribution is 7.91. The SMILES string of the molecule is O=C(Cn1c(=O)ncc2c1cnn2C1CCS(=O)(=O)C1)c1ccc2c(c1)OCCO2. The number of hydrogen-bond acceptors (Lipinski definition) is 8. The summed E-state index contributed by atoms with van der Waals surface area (Å²) < 4.78 is 37.5. The fraction of sp³-hybridized carbons (Fsp3) is 0.368. The number of Topliss-reactive ketones (excluding diaryl/α,β-unsaturated/α-hetero) is 1. The minimum Gasteiger partial charge on any atom is -0.486 e. The lowest BCUT2D eigenvalue weighted by Gasteiger charge is -2.18. The first kappa shape index (κ1) is 18.8. The minimum absolute atomic E-state index is 0.000959. The van der Waals surface area contributed by atoms with Gasteiger partial charge in [0, 0.05) is 5.56 Å². The smallest absolute Gasteiger partial charge is 0.348 e. The molecule has 1 saturated heterocycles. The first-order valence-electron chi connectivity index (χ1n) is 9.48. The van der Waals surface area contributed by atoms with Crippen LogP contribution < -0.4 is 15.2 Å². The van der Waals surface area contributed by atoms with E-state index < -0.39 is 15.5 Å². The number of benzene rings is 1. The fourth-order valence-electron chi connectivity index (χ4n) is 3.85. The van der Waals surface area contributed by atoms with Gasteiger partial charge in [-0.15, -0.1) is 0 Å². The fourth-order valence-corrected chi connectivity index (χ4v) is 5.54. The molecule has 1 aromatic carbocycles. The molecule has 0 N–H and O–H groups in total. The van der Waals surface area contributed by atoms with E-state index in [4.69, 9.17) is 9.47 Å². The summed E-state index contributed by atoms with van der Waals surface area (Å²) in [5.74, 6) is 0.880. The van der Waals surface area contributed by atoms with Crippen LogP contribution in [0.4, 0.5) is 0 Å². The number of aromatic nitrogens is 4. The van der Waals surface area contributed by atoms with Crippen LogP contribution >= 0.6 is 0 Å². The van der Waals surface area contributed by atoms with Crippen molar-refractivity contribution < 1.29 is 22.7 Å². The number of carbonyl (C=O) groups is 1. The Kier molecular flexibility index (Phi) is 4.35. The van der Waals surface area contributed by atoms with Crippen molar-refractivity contribution in [2.24, 2.45) is 0 Å². The lowest BCUT2D eigenvalue weighted by molar-refractivity contribution is 0.0970. The molecule has 11 heteroatoms. The van der Waals surface area contributed by atoms with Crippen molar-refractivity contribution in [2.75, 3.05) is 24.7 Å². The Bertz CT molecular complexity index is 1330. The molecule has 0 amide bonds. The van der Waals surface area contributed by atoms with E-state index in [0.29, 0.717) is 47.7 Å². The first-order chi connectivity index (χ1) is 14.4. The summed E-state index contributed by atoms with van der Waals surface area (Å²) >= 11 is 0. The molecule has 3 aromatic rings. The lowest BCUT2D eigenvalue weighted by Crippen LogP contribution is -2.27. The summed E-state index contributed by atoms with van der Waals surface area (Å²) in [6.45, 7) is 0.635. The molecule has 0 aliphatic carbocycles. The van der Waals surface area contributed by atoms with E-state index in [2.05, 4.69) is 10.1 Å². The number of ketones is 1. The zero-order valence-corrected chi connectivity index (χ0v) is 16.7. The molecule has 0 radical (unpaired) electrons. The third kappa shape index (κ3) is 3.24. The van der Waals surface area contributed by atoms with Gasteiger partial charge in [0.2, 0.25) is 0 Å². The second kappa shape index (κ2) is 6.94. The van der Waals surface area contributed by atoms with Gasteiger partial charge in [-0.3, -0.25) is 14.0 Å². The highest BCUT2D eigenvalue weighted by atomic mass is 32.2. The maximum absolute atomic E-state index is 12.9. The van der Waals surface area contributed by atoms with Crippen LogP contribution in [0.15, 0.2) is 35.4 Å². The van der Waals surface area contributed by atoms with Crippen LogP contribution in [0.25, 0.3) is 11.0 Å². The van der Waals surface area contributed by atoms with E-state index in [-0.39, 0.29) is 29.9 Å². The summed E-state index contributed by atoms with van der Waals surface area (Å²) in [6.07, 6.45) is 3.30. The minimum atomic E-state index is -3.10. The Morgan fingerprint density at radius 1 is 1.13 bits per heavy atom. The summed E-state index contributed by atoms with van der Waals surface area (Å²) in [4.78, 5) is 29.1. The van der Waals surface area contributed by atoms with Crippen LogP contribution in [0.2, 0.25) is 0 Å². The number of hydrogen-bond donors (Lipinski definition) is 0. The molecule has 156 valence electrons.